The van der Waals surface area contributed by atoms with Gasteiger partial charge in [-0.3, -0.25) is 9.59 Å². The highest BCUT2D eigenvalue weighted by atomic mass is 16.9. The molecule has 0 amide bonds. The molecular weight excluding hydrogens is 308 g/mol. The van der Waals surface area contributed by atoms with Crippen LogP contribution in [0.2, 0.25) is 0 Å². The molecule has 0 saturated carbocycles. The Bertz CT molecular complexity index is 490. The first-order chi connectivity index (χ1) is 10.4. The van der Waals surface area contributed by atoms with Crippen molar-refractivity contribution in [3.8, 4) is 0 Å². The van der Waals surface area contributed by atoms with E-state index in [2.05, 4.69) is 4.84 Å². The maximum atomic E-state index is 11.7. The normalized spacial score (nSPS) is 26.3. The Morgan fingerprint density at radius 2 is 1.91 bits per heavy atom. The van der Waals surface area contributed by atoms with E-state index in [0.29, 0.717) is 0 Å². The average molecular weight is 332 g/mol. The van der Waals surface area contributed by atoms with E-state index in [0.717, 1.165) is 0 Å². The summed E-state index contributed by atoms with van der Waals surface area (Å²) in [4.78, 5) is 43.7. The Hall–Kier alpha value is -1.90. The quantitative estimate of drug-likeness (QED) is 0.576. The van der Waals surface area contributed by atoms with Crippen molar-refractivity contribution in [2.45, 2.75) is 58.5 Å². The smallest absolute Gasteiger partial charge is 0.324 e. The second-order valence-electron chi connectivity index (χ2n) is 6.85. The van der Waals surface area contributed by atoms with E-state index in [1.54, 1.807) is 34.6 Å². The van der Waals surface area contributed by atoms with Crippen LogP contribution in [-0.2, 0) is 19.3 Å². The van der Waals surface area contributed by atoms with Crippen LogP contribution in [-0.4, -0.2) is 44.9 Å². The Labute approximate surface area is 134 Å². The third-order valence-electron chi connectivity index (χ3n) is 4.34. The van der Waals surface area contributed by atoms with Gasteiger partial charge < -0.3 is 14.8 Å². The minimum atomic E-state index is -1.05. The van der Waals surface area contributed by atoms with E-state index in [1.165, 1.54) is 5.06 Å². The number of nitrogens with zero attached hydrogens (tertiary/aromatic N) is 2. The number of piperidine rings is 1. The lowest BCUT2D eigenvalue weighted by Gasteiger charge is -2.55. The fourth-order valence-electron chi connectivity index (χ4n) is 3.31. The van der Waals surface area contributed by atoms with Crippen molar-refractivity contribution in [3.63, 3.8) is 0 Å². The van der Waals surface area contributed by atoms with Gasteiger partial charge in [0.1, 0.15) is 6.61 Å². The lowest BCUT2D eigenvalue weighted by Crippen LogP contribution is -2.67. The Kier molecular flexibility index (Phi) is 5.57. The number of hydroxylamine groups is 2. The molecule has 1 fully saturated rings. The lowest BCUT2D eigenvalue weighted by molar-refractivity contribution is -0.760. The SMILES string of the molecule is CCC(=O)ON1C(C)(C)CC(C(=O)O)C(CO[N+](=O)[O-])C1(C)C. The van der Waals surface area contributed by atoms with Gasteiger partial charge in [-0.1, -0.05) is 6.92 Å². The molecule has 1 heterocycles. The van der Waals surface area contributed by atoms with Crippen LogP contribution in [0.1, 0.15) is 47.5 Å². The average Bonchev–Trinajstić information content (AvgIpc) is 2.40. The van der Waals surface area contributed by atoms with Crippen LogP contribution in [0.3, 0.4) is 0 Å². The first kappa shape index (κ1) is 19.1. The summed E-state index contributed by atoms with van der Waals surface area (Å²) in [5.74, 6) is -3.07. The monoisotopic (exact) mass is 332 g/mol. The number of hydrogen-bond acceptors (Lipinski definition) is 7. The molecule has 1 N–H and O–H groups in total. The molecule has 2 unspecified atom stereocenters. The standard InChI is InChI=1S/C14H24N2O7/c1-6-11(17)23-15-13(2,3)7-9(12(18)19)10(14(15,4)5)8-22-16(20)21/h9-10H,6-8H2,1-5H3,(H,18,19). The number of carboxylic acids is 1. The Balaban J connectivity index is 3.20. The summed E-state index contributed by atoms with van der Waals surface area (Å²) < 4.78 is 0. The third kappa shape index (κ3) is 4.10. The molecule has 0 radical (unpaired) electrons. The molecule has 23 heavy (non-hydrogen) atoms. The van der Waals surface area contributed by atoms with Crippen molar-refractivity contribution in [1.82, 2.24) is 5.06 Å². The van der Waals surface area contributed by atoms with E-state index in [-0.39, 0.29) is 19.4 Å². The Morgan fingerprint density at radius 1 is 1.35 bits per heavy atom. The molecule has 1 aliphatic heterocycles. The fourth-order valence-corrected chi connectivity index (χ4v) is 3.31. The fraction of sp³-hybridized carbons (Fsp3) is 0.857. The first-order valence-electron chi connectivity index (χ1n) is 7.44. The van der Waals surface area contributed by atoms with E-state index in [4.69, 9.17) is 4.84 Å². The second kappa shape index (κ2) is 6.69. The zero-order valence-electron chi connectivity index (χ0n) is 14.1. The molecule has 9 heteroatoms. The molecule has 1 rings (SSSR count). The van der Waals surface area contributed by atoms with Crippen molar-refractivity contribution in [2.24, 2.45) is 11.8 Å². The van der Waals surface area contributed by atoms with Gasteiger partial charge in [0.2, 0.25) is 0 Å². The van der Waals surface area contributed by atoms with Crippen molar-refractivity contribution in [1.29, 1.82) is 0 Å². The van der Waals surface area contributed by atoms with Gasteiger partial charge in [-0.05, 0) is 34.1 Å². The van der Waals surface area contributed by atoms with E-state index in [9.17, 15) is 24.8 Å². The van der Waals surface area contributed by atoms with Crippen LogP contribution in [0.15, 0.2) is 0 Å². The minimum Gasteiger partial charge on any atom is -0.481 e. The van der Waals surface area contributed by atoms with Gasteiger partial charge in [0.15, 0.2) is 0 Å². The summed E-state index contributed by atoms with van der Waals surface area (Å²) in [7, 11) is 0. The van der Waals surface area contributed by atoms with E-state index < -0.39 is 39.9 Å². The number of carboxylic acid groups (broad SMARTS) is 1. The number of carbonyl (C=O) groups excluding carboxylic acids is 1. The summed E-state index contributed by atoms with van der Waals surface area (Å²) in [6.07, 6.45) is 0.343. The second-order valence-corrected chi connectivity index (χ2v) is 6.85. The number of aliphatic carboxylic acids is 1. The molecular formula is C14H24N2O7. The molecule has 1 saturated heterocycles. The van der Waals surface area contributed by atoms with Crippen LogP contribution >= 0.6 is 0 Å². The molecule has 0 aromatic carbocycles. The summed E-state index contributed by atoms with van der Waals surface area (Å²) in [5, 5.41) is 20.5. The minimum absolute atomic E-state index is 0.168. The molecule has 0 aliphatic carbocycles. The highest BCUT2D eigenvalue weighted by Gasteiger charge is 2.56. The van der Waals surface area contributed by atoms with Gasteiger partial charge in [-0.25, -0.2) is 0 Å². The van der Waals surface area contributed by atoms with Gasteiger partial charge >= 0.3 is 11.9 Å². The van der Waals surface area contributed by atoms with E-state index in [1.807, 2.05) is 0 Å². The van der Waals surface area contributed by atoms with Crippen molar-refractivity contribution in [3.05, 3.63) is 10.1 Å². The molecule has 2 atom stereocenters. The van der Waals surface area contributed by atoms with Crippen LogP contribution in [0, 0.1) is 22.0 Å². The Morgan fingerprint density at radius 3 is 2.35 bits per heavy atom. The van der Waals surface area contributed by atoms with Crippen molar-refractivity contribution < 1.29 is 29.5 Å². The highest BCUT2D eigenvalue weighted by Crippen LogP contribution is 2.45. The first-order valence-corrected chi connectivity index (χ1v) is 7.44. The van der Waals surface area contributed by atoms with Crippen LogP contribution in [0.5, 0.6) is 0 Å². The molecule has 0 spiro atoms. The highest BCUT2D eigenvalue weighted by molar-refractivity contribution is 5.71. The van der Waals surface area contributed by atoms with Gasteiger partial charge in [-0.2, -0.15) is 0 Å². The molecule has 1 aliphatic rings. The summed E-state index contributed by atoms with van der Waals surface area (Å²) in [6, 6.07) is 0. The van der Waals surface area contributed by atoms with Crippen molar-refractivity contribution >= 4 is 11.9 Å². The van der Waals surface area contributed by atoms with Gasteiger partial charge in [0, 0.05) is 12.3 Å². The topological polar surface area (TPSA) is 119 Å². The molecule has 0 bridgehead atoms. The van der Waals surface area contributed by atoms with Gasteiger partial charge in [0.25, 0.3) is 5.09 Å². The van der Waals surface area contributed by atoms with Gasteiger partial charge in [-0.15, -0.1) is 15.2 Å². The summed E-state index contributed by atoms with van der Waals surface area (Å²) in [6.45, 7) is 8.21. The van der Waals surface area contributed by atoms with Crippen LogP contribution in [0.25, 0.3) is 0 Å². The lowest BCUT2D eigenvalue weighted by atomic mass is 9.67. The van der Waals surface area contributed by atoms with Crippen molar-refractivity contribution in [2.75, 3.05) is 6.61 Å². The maximum absolute atomic E-state index is 11.7. The predicted molar refractivity (Wildman–Crippen MR) is 78.6 cm³/mol. The summed E-state index contributed by atoms with van der Waals surface area (Å²) >= 11 is 0. The van der Waals surface area contributed by atoms with Crippen LogP contribution in [0.4, 0.5) is 0 Å². The number of hydrogen-bond donors (Lipinski definition) is 1. The maximum Gasteiger partial charge on any atom is 0.324 e. The zero-order chi connectivity index (χ0) is 18.0. The zero-order valence-corrected chi connectivity index (χ0v) is 14.1. The predicted octanol–water partition coefficient (Wildman–Crippen LogP) is 1.64. The molecule has 9 nitrogen and oxygen atoms in total. The molecule has 0 aromatic rings. The molecule has 0 aromatic heterocycles. The van der Waals surface area contributed by atoms with E-state index >= 15 is 0 Å². The number of rotatable bonds is 6. The number of carbonyl (C=O) groups is 2. The largest absolute Gasteiger partial charge is 0.481 e. The third-order valence-corrected chi connectivity index (χ3v) is 4.34. The molecule has 132 valence electrons. The summed E-state index contributed by atoms with van der Waals surface area (Å²) in [5.41, 5.74) is -1.69. The van der Waals surface area contributed by atoms with Gasteiger partial charge in [0.05, 0.1) is 17.0 Å². The van der Waals surface area contributed by atoms with Crippen LogP contribution < -0.4 is 0 Å².